The fourth-order valence-corrected chi connectivity index (χ4v) is 2.51. The molecule has 0 N–H and O–H groups in total. The third-order valence-corrected chi connectivity index (χ3v) is 3.97. The van der Waals surface area contributed by atoms with Crippen LogP contribution < -0.4 is 0 Å². The molecule has 0 saturated carbocycles. The lowest BCUT2D eigenvalue weighted by atomic mass is 10.1. The molecular weight excluding hydrogens is 258 g/mol. The fraction of sp³-hybridized carbons (Fsp3) is 0.632. The number of benzene rings is 1. The minimum Gasteiger partial charge on any atom is -0.345 e. The molecule has 0 atom stereocenters. The molecule has 0 aliphatic rings. The minimum absolute atomic E-state index is 0.226. The van der Waals surface area contributed by atoms with Gasteiger partial charge >= 0.3 is 0 Å². The van der Waals surface area contributed by atoms with Gasteiger partial charge in [-0.1, -0.05) is 82.2 Å². The number of hydrogen-bond donors (Lipinski definition) is 0. The summed E-state index contributed by atoms with van der Waals surface area (Å²) < 4.78 is 0. The molecule has 2 nitrogen and oxygen atoms in total. The van der Waals surface area contributed by atoms with Crippen molar-refractivity contribution in [3.63, 3.8) is 0 Å². The fourth-order valence-electron chi connectivity index (χ4n) is 2.51. The SMILES string of the molecule is CCCCCCCCCCN(C)C(=O)Cc1ccccc1. The Hall–Kier alpha value is -1.31. The van der Waals surface area contributed by atoms with Crippen molar-refractivity contribution in [2.24, 2.45) is 0 Å². The third kappa shape index (κ3) is 8.54. The van der Waals surface area contributed by atoms with Crippen molar-refractivity contribution in [1.82, 2.24) is 4.90 Å². The van der Waals surface area contributed by atoms with E-state index in [4.69, 9.17) is 0 Å². The lowest BCUT2D eigenvalue weighted by molar-refractivity contribution is -0.129. The smallest absolute Gasteiger partial charge is 0.226 e. The molecule has 0 aliphatic heterocycles. The highest BCUT2D eigenvalue weighted by Crippen LogP contribution is 2.09. The van der Waals surface area contributed by atoms with Gasteiger partial charge in [0.1, 0.15) is 0 Å². The van der Waals surface area contributed by atoms with Gasteiger partial charge in [0.2, 0.25) is 5.91 Å². The van der Waals surface area contributed by atoms with Gasteiger partial charge in [0.15, 0.2) is 0 Å². The van der Waals surface area contributed by atoms with Crippen LogP contribution in [0, 0.1) is 0 Å². The van der Waals surface area contributed by atoms with Crippen LogP contribution in [0.2, 0.25) is 0 Å². The van der Waals surface area contributed by atoms with E-state index in [-0.39, 0.29) is 5.91 Å². The third-order valence-electron chi connectivity index (χ3n) is 3.97. The molecule has 0 unspecified atom stereocenters. The zero-order chi connectivity index (χ0) is 15.3. The van der Waals surface area contributed by atoms with Crippen LogP contribution in [-0.2, 0) is 11.2 Å². The van der Waals surface area contributed by atoms with Crippen molar-refractivity contribution in [1.29, 1.82) is 0 Å². The first kappa shape index (κ1) is 17.7. The van der Waals surface area contributed by atoms with Crippen LogP contribution in [0.25, 0.3) is 0 Å². The van der Waals surface area contributed by atoms with Gasteiger partial charge in [0, 0.05) is 13.6 Å². The maximum Gasteiger partial charge on any atom is 0.226 e. The van der Waals surface area contributed by atoms with Gasteiger partial charge in [-0.2, -0.15) is 0 Å². The predicted molar refractivity (Wildman–Crippen MR) is 90.4 cm³/mol. The summed E-state index contributed by atoms with van der Waals surface area (Å²) in [5, 5.41) is 0. The van der Waals surface area contributed by atoms with Gasteiger partial charge < -0.3 is 4.90 Å². The monoisotopic (exact) mass is 289 g/mol. The van der Waals surface area contributed by atoms with Gasteiger partial charge in [-0.25, -0.2) is 0 Å². The minimum atomic E-state index is 0.226. The topological polar surface area (TPSA) is 20.3 Å². The first-order chi connectivity index (χ1) is 10.2. The summed E-state index contributed by atoms with van der Waals surface area (Å²) in [6.07, 6.45) is 11.0. The summed E-state index contributed by atoms with van der Waals surface area (Å²) >= 11 is 0. The van der Waals surface area contributed by atoms with Crippen LogP contribution in [0.5, 0.6) is 0 Å². The molecule has 0 bridgehead atoms. The average molecular weight is 289 g/mol. The van der Waals surface area contributed by atoms with Gasteiger partial charge in [-0.05, 0) is 12.0 Å². The molecule has 0 spiro atoms. The normalized spacial score (nSPS) is 10.6. The molecule has 0 aliphatic carbocycles. The largest absolute Gasteiger partial charge is 0.345 e. The zero-order valence-electron chi connectivity index (χ0n) is 13.8. The van der Waals surface area contributed by atoms with E-state index in [2.05, 4.69) is 6.92 Å². The molecule has 1 amide bonds. The van der Waals surface area contributed by atoms with E-state index >= 15 is 0 Å². The number of likely N-dealkylation sites (N-methyl/N-ethyl adjacent to an activating group) is 1. The molecule has 0 heterocycles. The van der Waals surface area contributed by atoms with Crippen LogP contribution in [0.4, 0.5) is 0 Å². The Balaban J connectivity index is 2.05. The second-order valence-electron chi connectivity index (χ2n) is 5.95. The van der Waals surface area contributed by atoms with E-state index in [1.807, 2.05) is 42.3 Å². The molecule has 2 heteroatoms. The van der Waals surface area contributed by atoms with Crippen molar-refractivity contribution in [2.75, 3.05) is 13.6 Å². The van der Waals surface area contributed by atoms with E-state index in [1.165, 1.54) is 44.9 Å². The molecule has 1 rings (SSSR count). The Labute approximate surface area is 130 Å². The maximum absolute atomic E-state index is 12.1. The van der Waals surface area contributed by atoms with Gasteiger partial charge in [0.05, 0.1) is 6.42 Å². The number of carbonyl (C=O) groups is 1. The van der Waals surface area contributed by atoms with E-state index < -0.39 is 0 Å². The highest BCUT2D eigenvalue weighted by atomic mass is 16.2. The summed E-state index contributed by atoms with van der Waals surface area (Å²) in [6.45, 7) is 3.14. The van der Waals surface area contributed by atoms with Crippen molar-refractivity contribution >= 4 is 5.91 Å². The number of hydrogen-bond acceptors (Lipinski definition) is 1. The molecule has 21 heavy (non-hydrogen) atoms. The van der Waals surface area contributed by atoms with Crippen LogP contribution >= 0.6 is 0 Å². The Morgan fingerprint density at radius 1 is 0.905 bits per heavy atom. The average Bonchev–Trinajstić information content (AvgIpc) is 2.50. The predicted octanol–water partition coefficient (Wildman–Crippen LogP) is 4.83. The lowest BCUT2D eigenvalue weighted by Gasteiger charge is -2.17. The standard InChI is InChI=1S/C19H31NO/c1-3-4-5-6-7-8-9-13-16-20(2)19(21)17-18-14-11-10-12-15-18/h10-12,14-15H,3-9,13,16-17H2,1-2H3. The van der Waals surface area contributed by atoms with Crippen molar-refractivity contribution in [3.8, 4) is 0 Å². The Morgan fingerprint density at radius 2 is 1.48 bits per heavy atom. The van der Waals surface area contributed by atoms with Crippen LogP contribution in [-0.4, -0.2) is 24.4 Å². The second-order valence-corrected chi connectivity index (χ2v) is 5.95. The van der Waals surface area contributed by atoms with E-state index in [0.29, 0.717) is 6.42 Å². The number of amides is 1. The first-order valence-corrected chi connectivity index (χ1v) is 8.52. The Kier molecular flexibility index (Phi) is 9.60. The molecular formula is C19H31NO. The Morgan fingerprint density at radius 3 is 2.10 bits per heavy atom. The Bertz CT molecular complexity index is 374. The molecule has 0 saturated heterocycles. The molecule has 0 fully saturated rings. The zero-order valence-corrected chi connectivity index (χ0v) is 13.8. The van der Waals surface area contributed by atoms with Crippen molar-refractivity contribution in [2.45, 2.75) is 64.7 Å². The summed E-state index contributed by atoms with van der Waals surface area (Å²) in [6, 6.07) is 9.99. The quantitative estimate of drug-likeness (QED) is 0.534. The van der Waals surface area contributed by atoms with Gasteiger partial charge in [-0.15, -0.1) is 0 Å². The molecule has 118 valence electrons. The van der Waals surface area contributed by atoms with Gasteiger partial charge in [-0.3, -0.25) is 4.79 Å². The lowest BCUT2D eigenvalue weighted by Crippen LogP contribution is -2.29. The highest BCUT2D eigenvalue weighted by Gasteiger charge is 2.08. The maximum atomic E-state index is 12.1. The number of carbonyl (C=O) groups excluding carboxylic acids is 1. The first-order valence-electron chi connectivity index (χ1n) is 8.52. The van der Waals surface area contributed by atoms with Crippen LogP contribution in [0.3, 0.4) is 0 Å². The summed E-state index contributed by atoms with van der Waals surface area (Å²) in [7, 11) is 1.92. The number of nitrogens with zero attached hydrogens (tertiary/aromatic N) is 1. The van der Waals surface area contributed by atoms with Crippen molar-refractivity contribution in [3.05, 3.63) is 35.9 Å². The summed E-state index contributed by atoms with van der Waals surface area (Å²) in [4.78, 5) is 14.0. The molecule has 1 aromatic rings. The second kappa shape index (κ2) is 11.4. The van der Waals surface area contributed by atoms with Gasteiger partial charge in [0.25, 0.3) is 0 Å². The number of rotatable bonds is 11. The van der Waals surface area contributed by atoms with Crippen LogP contribution in [0.15, 0.2) is 30.3 Å². The van der Waals surface area contributed by atoms with Crippen LogP contribution in [0.1, 0.15) is 63.9 Å². The van der Waals surface area contributed by atoms with Crippen molar-refractivity contribution < 1.29 is 4.79 Å². The highest BCUT2D eigenvalue weighted by molar-refractivity contribution is 5.78. The van der Waals surface area contributed by atoms with E-state index in [9.17, 15) is 4.79 Å². The summed E-state index contributed by atoms with van der Waals surface area (Å²) in [5.41, 5.74) is 1.10. The molecule has 0 radical (unpaired) electrons. The summed E-state index contributed by atoms with van der Waals surface area (Å²) in [5.74, 6) is 0.226. The van der Waals surface area contributed by atoms with E-state index in [1.54, 1.807) is 0 Å². The molecule has 1 aromatic carbocycles. The molecule has 0 aromatic heterocycles. The van der Waals surface area contributed by atoms with E-state index in [0.717, 1.165) is 18.5 Å². The number of unbranched alkanes of at least 4 members (excludes halogenated alkanes) is 7.